The van der Waals surface area contributed by atoms with E-state index in [9.17, 15) is 9.59 Å². The molecule has 8 nitrogen and oxygen atoms in total. The zero-order valence-corrected chi connectivity index (χ0v) is 11.3. The summed E-state index contributed by atoms with van der Waals surface area (Å²) in [5.74, 6) is -1.78. The van der Waals surface area contributed by atoms with Crippen LogP contribution in [-0.4, -0.2) is 41.6 Å². The molecule has 0 spiro atoms. The first kappa shape index (κ1) is 17.2. The summed E-state index contributed by atoms with van der Waals surface area (Å²) in [6.07, 6.45) is 0.930. The molecule has 0 aromatic rings. The number of carbonyl (C=O) groups is 2. The number of nitrogens with one attached hydrogen (secondary N) is 1. The maximum Gasteiger partial charge on any atom is 0.326 e. The molecule has 0 saturated carbocycles. The summed E-state index contributed by atoms with van der Waals surface area (Å²) in [7, 11) is 0. The van der Waals surface area contributed by atoms with E-state index in [1.165, 1.54) is 0 Å². The highest BCUT2D eigenvalue weighted by atomic mass is 16.4. The second-order valence-electron chi connectivity index (χ2n) is 4.62. The fraction of sp³-hybridized carbons (Fsp3) is 0.727. The number of aliphatic carboxylic acids is 1. The van der Waals surface area contributed by atoms with Crippen LogP contribution in [0.5, 0.6) is 0 Å². The fourth-order valence-corrected chi connectivity index (χ4v) is 1.42. The van der Waals surface area contributed by atoms with Gasteiger partial charge in [-0.15, -0.1) is 0 Å². The molecule has 0 radical (unpaired) electrons. The number of amides is 1. The van der Waals surface area contributed by atoms with Crippen LogP contribution in [0.15, 0.2) is 4.99 Å². The van der Waals surface area contributed by atoms with Gasteiger partial charge in [-0.25, -0.2) is 4.79 Å². The van der Waals surface area contributed by atoms with Crippen molar-refractivity contribution in [3.63, 3.8) is 0 Å². The largest absolute Gasteiger partial charge is 0.480 e. The summed E-state index contributed by atoms with van der Waals surface area (Å²) >= 11 is 0. The van der Waals surface area contributed by atoms with Crippen LogP contribution in [0.3, 0.4) is 0 Å². The topological polar surface area (TPSA) is 157 Å². The molecule has 0 bridgehead atoms. The Balaban J connectivity index is 4.18. The zero-order chi connectivity index (χ0) is 15.0. The number of nitrogens with zero attached hydrogens (tertiary/aromatic N) is 1. The van der Waals surface area contributed by atoms with Crippen molar-refractivity contribution in [3.05, 3.63) is 0 Å². The Labute approximate surface area is 112 Å². The highest BCUT2D eigenvalue weighted by Gasteiger charge is 2.25. The van der Waals surface area contributed by atoms with Crippen LogP contribution >= 0.6 is 0 Å². The normalized spacial score (nSPS) is 13.7. The SMILES string of the molecule is CC(C)[C@H](NC(=O)[C@H](N)CCCN=C(N)N)C(=O)O. The van der Waals surface area contributed by atoms with Crippen LogP contribution in [0, 0.1) is 5.92 Å². The number of aliphatic imine (C=N–C) groups is 1. The molecule has 110 valence electrons. The van der Waals surface area contributed by atoms with E-state index < -0.39 is 24.0 Å². The van der Waals surface area contributed by atoms with Crippen LogP contribution in [0.1, 0.15) is 26.7 Å². The lowest BCUT2D eigenvalue weighted by atomic mass is 10.0. The second-order valence-corrected chi connectivity index (χ2v) is 4.62. The molecule has 19 heavy (non-hydrogen) atoms. The van der Waals surface area contributed by atoms with Gasteiger partial charge in [-0.2, -0.15) is 0 Å². The fourth-order valence-electron chi connectivity index (χ4n) is 1.42. The molecular formula is C11H23N5O3. The monoisotopic (exact) mass is 273 g/mol. The van der Waals surface area contributed by atoms with Crippen LogP contribution in [0.4, 0.5) is 0 Å². The predicted octanol–water partition coefficient (Wildman–Crippen LogP) is -1.41. The minimum absolute atomic E-state index is 0.0104. The van der Waals surface area contributed by atoms with Crippen LogP contribution < -0.4 is 22.5 Å². The molecule has 0 unspecified atom stereocenters. The summed E-state index contributed by atoms with van der Waals surface area (Å²) in [6, 6.07) is -1.70. The van der Waals surface area contributed by atoms with Gasteiger partial charge in [0.15, 0.2) is 5.96 Å². The Bertz CT molecular complexity index is 339. The summed E-state index contributed by atoms with van der Waals surface area (Å²) in [5.41, 5.74) is 16.0. The molecule has 8 N–H and O–H groups in total. The lowest BCUT2D eigenvalue weighted by molar-refractivity contribution is -0.143. The van der Waals surface area contributed by atoms with E-state index in [4.69, 9.17) is 22.3 Å². The first-order valence-electron chi connectivity index (χ1n) is 6.09. The van der Waals surface area contributed by atoms with Gasteiger partial charge in [-0.05, 0) is 18.8 Å². The molecule has 0 aliphatic rings. The number of carboxylic acids is 1. The molecule has 8 heteroatoms. The molecule has 1 amide bonds. The minimum Gasteiger partial charge on any atom is -0.480 e. The van der Waals surface area contributed by atoms with E-state index in [1.807, 2.05) is 0 Å². The molecule has 0 rings (SSSR count). The third kappa shape index (κ3) is 7.24. The van der Waals surface area contributed by atoms with Gasteiger partial charge in [0.25, 0.3) is 0 Å². The zero-order valence-electron chi connectivity index (χ0n) is 11.3. The Kier molecular flexibility index (Phi) is 7.50. The average Bonchev–Trinajstić information content (AvgIpc) is 2.29. The van der Waals surface area contributed by atoms with Gasteiger partial charge >= 0.3 is 5.97 Å². The molecule has 0 aromatic carbocycles. The minimum atomic E-state index is -1.07. The van der Waals surface area contributed by atoms with Gasteiger partial charge in [-0.3, -0.25) is 9.79 Å². The van der Waals surface area contributed by atoms with Crippen molar-refractivity contribution < 1.29 is 14.7 Å². The smallest absolute Gasteiger partial charge is 0.326 e. The number of hydrogen-bond acceptors (Lipinski definition) is 4. The highest BCUT2D eigenvalue weighted by Crippen LogP contribution is 2.03. The van der Waals surface area contributed by atoms with Gasteiger partial charge in [0.05, 0.1) is 6.04 Å². The van der Waals surface area contributed by atoms with E-state index in [0.29, 0.717) is 19.4 Å². The number of nitrogens with two attached hydrogens (primary N) is 3. The van der Waals surface area contributed by atoms with Crippen molar-refractivity contribution in [2.24, 2.45) is 28.1 Å². The Morgan fingerprint density at radius 2 is 1.89 bits per heavy atom. The number of carbonyl (C=O) groups excluding carboxylic acids is 1. The molecule has 0 fully saturated rings. The van der Waals surface area contributed by atoms with Crippen molar-refractivity contribution in [1.29, 1.82) is 0 Å². The Morgan fingerprint density at radius 1 is 1.32 bits per heavy atom. The lowest BCUT2D eigenvalue weighted by Gasteiger charge is -2.20. The standard InChI is InChI=1S/C11H23N5O3/c1-6(2)8(10(18)19)16-9(17)7(12)4-3-5-15-11(13)14/h6-8H,3-5,12H2,1-2H3,(H,16,17)(H,18,19)(H4,13,14,15)/t7-,8+/m1/s1. The maximum absolute atomic E-state index is 11.7. The second kappa shape index (κ2) is 8.30. The van der Waals surface area contributed by atoms with E-state index in [-0.39, 0.29) is 11.9 Å². The van der Waals surface area contributed by atoms with Gasteiger partial charge in [0, 0.05) is 6.54 Å². The first-order valence-corrected chi connectivity index (χ1v) is 6.09. The molecular weight excluding hydrogens is 250 g/mol. The average molecular weight is 273 g/mol. The molecule has 0 aromatic heterocycles. The van der Waals surface area contributed by atoms with Crippen molar-refractivity contribution in [1.82, 2.24) is 5.32 Å². The van der Waals surface area contributed by atoms with E-state index in [0.717, 1.165) is 0 Å². The van der Waals surface area contributed by atoms with Crippen molar-refractivity contribution in [2.45, 2.75) is 38.8 Å². The van der Waals surface area contributed by atoms with Gasteiger partial charge in [0.2, 0.25) is 5.91 Å². The third-order valence-electron chi connectivity index (χ3n) is 2.53. The quantitative estimate of drug-likeness (QED) is 0.208. The van der Waals surface area contributed by atoms with Gasteiger partial charge in [0.1, 0.15) is 6.04 Å². The molecule has 0 heterocycles. The first-order chi connectivity index (χ1) is 8.75. The number of guanidine groups is 1. The number of rotatable bonds is 8. The maximum atomic E-state index is 11.7. The summed E-state index contributed by atoms with van der Waals surface area (Å²) < 4.78 is 0. The van der Waals surface area contributed by atoms with Crippen molar-refractivity contribution >= 4 is 17.8 Å². The summed E-state index contributed by atoms with van der Waals surface area (Å²) in [6.45, 7) is 3.81. The van der Waals surface area contributed by atoms with E-state index in [1.54, 1.807) is 13.8 Å². The lowest BCUT2D eigenvalue weighted by Crippen LogP contribution is -2.50. The van der Waals surface area contributed by atoms with Crippen LogP contribution in [0.2, 0.25) is 0 Å². The third-order valence-corrected chi connectivity index (χ3v) is 2.53. The van der Waals surface area contributed by atoms with E-state index in [2.05, 4.69) is 10.3 Å². The number of carboxylic acid groups (broad SMARTS) is 1. The predicted molar refractivity (Wildman–Crippen MR) is 72.3 cm³/mol. The highest BCUT2D eigenvalue weighted by molar-refractivity contribution is 5.86. The Hall–Kier alpha value is -1.83. The van der Waals surface area contributed by atoms with Crippen LogP contribution in [-0.2, 0) is 9.59 Å². The van der Waals surface area contributed by atoms with Crippen molar-refractivity contribution in [2.75, 3.05) is 6.54 Å². The van der Waals surface area contributed by atoms with E-state index >= 15 is 0 Å². The number of hydrogen-bond donors (Lipinski definition) is 5. The summed E-state index contributed by atoms with van der Waals surface area (Å²) in [4.78, 5) is 26.4. The van der Waals surface area contributed by atoms with Crippen LogP contribution in [0.25, 0.3) is 0 Å². The van der Waals surface area contributed by atoms with Crippen molar-refractivity contribution in [3.8, 4) is 0 Å². The summed E-state index contributed by atoms with van der Waals surface area (Å²) in [5, 5.41) is 11.4. The molecule has 0 aliphatic carbocycles. The molecule has 0 saturated heterocycles. The molecule has 0 aliphatic heterocycles. The molecule has 2 atom stereocenters. The van der Waals surface area contributed by atoms with Gasteiger partial charge < -0.3 is 27.6 Å². The van der Waals surface area contributed by atoms with Gasteiger partial charge in [-0.1, -0.05) is 13.8 Å². The Morgan fingerprint density at radius 3 is 2.32 bits per heavy atom.